The zero-order valence-electron chi connectivity index (χ0n) is 10.5. The van der Waals surface area contributed by atoms with Crippen molar-refractivity contribution in [1.82, 2.24) is 0 Å². The van der Waals surface area contributed by atoms with Gasteiger partial charge in [-0.1, -0.05) is 20.8 Å². The Bertz CT molecular complexity index is 263. The van der Waals surface area contributed by atoms with Crippen LogP contribution in [0, 0.1) is 0 Å². The third-order valence-electron chi connectivity index (χ3n) is 3.74. The first kappa shape index (κ1) is 13.6. The number of ketones is 2. The zero-order chi connectivity index (χ0) is 12.2. The zero-order valence-corrected chi connectivity index (χ0v) is 11.5. The summed E-state index contributed by atoms with van der Waals surface area (Å²) in [7, 11) is -1.70. The van der Waals surface area contributed by atoms with Gasteiger partial charge in [0, 0.05) is 6.42 Å². The molecule has 1 aliphatic rings. The molecule has 1 unspecified atom stereocenters. The molecule has 0 N–H and O–H groups in total. The van der Waals surface area contributed by atoms with Gasteiger partial charge in [0.1, 0.15) is 11.9 Å². The van der Waals surface area contributed by atoms with Crippen molar-refractivity contribution < 1.29 is 14.0 Å². The minimum Gasteiger partial charge on any atom is -0.407 e. The number of carbonyl (C=O) groups excluding carboxylic acids is 2. The highest BCUT2D eigenvalue weighted by Gasteiger charge is 2.36. The van der Waals surface area contributed by atoms with Gasteiger partial charge in [-0.15, -0.1) is 0 Å². The van der Waals surface area contributed by atoms with Crippen LogP contribution in [0.2, 0.25) is 18.1 Å². The molecule has 3 nitrogen and oxygen atoms in total. The molecule has 0 heterocycles. The van der Waals surface area contributed by atoms with Crippen molar-refractivity contribution >= 4 is 19.9 Å². The summed E-state index contributed by atoms with van der Waals surface area (Å²) in [5.41, 5.74) is 0. The van der Waals surface area contributed by atoms with Crippen molar-refractivity contribution in [1.29, 1.82) is 0 Å². The molecule has 0 spiro atoms. The first-order valence-corrected chi connectivity index (χ1v) is 8.82. The Morgan fingerprint density at radius 2 is 1.75 bits per heavy atom. The maximum atomic E-state index is 11.7. The van der Waals surface area contributed by atoms with Crippen LogP contribution in [0.4, 0.5) is 0 Å². The van der Waals surface area contributed by atoms with Gasteiger partial charge in [0.2, 0.25) is 0 Å². The number of hydrogen-bond donors (Lipinski definition) is 0. The van der Waals surface area contributed by atoms with Gasteiger partial charge in [0.25, 0.3) is 0 Å². The first-order valence-electron chi connectivity index (χ1n) is 6.29. The molecule has 1 fully saturated rings. The average Bonchev–Trinajstić information content (AvgIpc) is 2.29. The van der Waals surface area contributed by atoms with Gasteiger partial charge in [-0.3, -0.25) is 9.59 Å². The van der Waals surface area contributed by atoms with Crippen molar-refractivity contribution in [2.45, 2.75) is 64.3 Å². The molecule has 92 valence electrons. The molecule has 0 bridgehead atoms. The van der Waals surface area contributed by atoms with Crippen LogP contribution in [-0.2, 0) is 14.0 Å². The van der Waals surface area contributed by atoms with E-state index in [2.05, 4.69) is 20.8 Å². The summed E-state index contributed by atoms with van der Waals surface area (Å²) in [5, 5.41) is 0. The van der Waals surface area contributed by atoms with E-state index in [0.29, 0.717) is 12.8 Å². The maximum Gasteiger partial charge on any atom is 0.193 e. The van der Waals surface area contributed by atoms with E-state index in [1.165, 1.54) is 0 Å². The summed E-state index contributed by atoms with van der Waals surface area (Å²) in [6, 6.07) is 3.16. The normalized spacial score (nSPS) is 22.6. The van der Waals surface area contributed by atoms with E-state index in [0.717, 1.165) is 18.1 Å². The van der Waals surface area contributed by atoms with E-state index >= 15 is 0 Å². The van der Waals surface area contributed by atoms with E-state index in [1.807, 2.05) is 0 Å². The highest BCUT2D eigenvalue weighted by Crippen LogP contribution is 2.27. The van der Waals surface area contributed by atoms with Crippen molar-refractivity contribution in [3.05, 3.63) is 0 Å². The SMILES string of the molecule is CC[Si](CC)(CC)OC1CCC(=O)CC1=O. The molecule has 0 saturated heterocycles. The quantitative estimate of drug-likeness (QED) is 0.550. The lowest BCUT2D eigenvalue weighted by Crippen LogP contribution is -2.44. The standard InChI is InChI=1S/C12H22O3Si/c1-4-16(5-2,6-3)15-12-8-7-10(13)9-11(12)14/h12H,4-9H2,1-3H3. The Hall–Kier alpha value is -0.483. The summed E-state index contributed by atoms with van der Waals surface area (Å²) < 4.78 is 6.12. The molecule has 1 aliphatic carbocycles. The Morgan fingerprint density at radius 3 is 2.19 bits per heavy atom. The lowest BCUT2D eigenvalue weighted by molar-refractivity contribution is -0.135. The van der Waals surface area contributed by atoms with E-state index < -0.39 is 8.32 Å². The molecular weight excluding hydrogens is 220 g/mol. The Kier molecular flexibility index (Phi) is 4.86. The van der Waals surface area contributed by atoms with Gasteiger partial charge in [-0.2, -0.15) is 0 Å². The van der Waals surface area contributed by atoms with E-state index in [9.17, 15) is 9.59 Å². The molecule has 0 aliphatic heterocycles. The summed E-state index contributed by atoms with van der Waals surface area (Å²) in [6.45, 7) is 6.45. The Labute approximate surface area is 98.7 Å². The molecular formula is C12H22O3Si. The topological polar surface area (TPSA) is 43.4 Å². The molecule has 1 rings (SSSR count). The average molecular weight is 242 g/mol. The highest BCUT2D eigenvalue weighted by atomic mass is 28.4. The number of carbonyl (C=O) groups is 2. The lowest BCUT2D eigenvalue weighted by atomic mass is 9.95. The van der Waals surface area contributed by atoms with Gasteiger partial charge in [-0.05, 0) is 24.6 Å². The molecule has 1 atom stereocenters. The van der Waals surface area contributed by atoms with Crippen molar-refractivity contribution in [3.8, 4) is 0 Å². The fourth-order valence-corrected chi connectivity index (χ4v) is 5.13. The third-order valence-corrected chi connectivity index (χ3v) is 8.39. The van der Waals surface area contributed by atoms with Gasteiger partial charge in [0.15, 0.2) is 14.1 Å². The molecule has 0 radical (unpaired) electrons. The fraction of sp³-hybridized carbons (Fsp3) is 0.833. The third kappa shape index (κ3) is 3.01. The molecule has 4 heteroatoms. The second-order valence-electron chi connectivity index (χ2n) is 4.57. The Morgan fingerprint density at radius 1 is 1.19 bits per heavy atom. The minimum absolute atomic E-state index is 0.00322. The number of rotatable bonds is 5. The van der Waals surface area contributed by atoms with Crippen LogP contribution in [-0.4, -0.2) is 26.0 Å². The molecule has 16 heavy (non-hydrogen) atoms. The van der Waals surface area contributed by atoms with Crippen LogP contribution >= 0.6 is 0 Å². The second-order valence-corrected chi connectivity index (χ2v) is 9.29. The summed E-state index contributed by atoms with van der Waals surface area (Å²) in [4.78, 5) is 22.8. The smallest absolute Gasteiger partial charge is 0.193 e. The van der Waals surface area contributed by atoms with Crippen molar-refractivity contribution in [3.63, 3.8) is 0 Å². The van der Waals surface area contributed by atoms with Crippen molar-refractivity contribution in [2.24, 2.45) is 0 Å². The molecule has 0 aromatic rings. The summed E-state index contributed by atoms with van der Waals surface area (Å²) in [6.07, 6.45) is 0.917. The van der Waals surface area contributed by atoms with Gasteiger partial charge in [-0.25, -0.2) is 0 Å². The molecule has 0 amide bonds. The monoisotopic (exact) mass is 242 g/mol. The minimum atomic E-state index is -1.70. The molecule has 0 aromatic carbocycles. The Balaban J connectivity index is 2.65. The van der Waals surface area contributed by atoms with Crippen LogP contribution in [0.25, 0.3) is 0 Å². The predicted molar refractivity (Wildman–Crippen MR) is 65.9 cm³/mol. The molecule has 0 aromatic heterocycles. The van der Waals surface area contributed by atoms with Gasteiger partial charge >= 0.3 is 0 Å². The first-order chi connectivity index (χ1) is 7.56. The van der Waals surface area contributed by atoms with E-state index in [-0.39, 0.29) is 24.1 Å². The van der Waals surface area contributed by atoms with Crippen molar-refractivity contribution in [2.75, 3.05) is 0 Å². The van der Waals surface area contributed by atoms with E-state index in [4.69, 9.17) is 4.43 Å². The fourth-order valence-electron chi connectivity index (χ4n) is 2.28. The maximum absolute atomic E-state index is 11.7. The van der Waals surface area contributed by atoms with E-state index in [1.54, 1.807) is 0 Å². The summed E-state index contributed by atoms with van der Waals surface area (Å²) >= 11 is 0. The van der Waals surface area contributed by atoms with Gasteiger partial charge in [0.05, 0.1) is 6.42 Å². The largest absolute Gasteiger partial charge is 0.407 e. The van der Waals surface area contributed by atoms with Crippen LogP contribution in [0.15, 0.2) is 0 Å². The highest BCUT2D eigenvalue weighted by molar-refractivity contribution is 6.73. The molecule has 1 saturated carbocycles. The lowest BCUT2D eigenvalue weighted by Gasteiger charge is -2.33. The van der Waals surface area contributed by atoms with Crippen LogP contribution in [0.3, 0.4) is 0 Å². The van der Waals surface area contributed by atoms with Crippen LogP contribution < -0.4 is 0 Å². The number of hydrogen-bond acceptors (Lipinski definition) is 3. The summed E-state index contributed by atoms with van der Waals surface area (Å²) in [5.74, 6) is 0.0742. The van der Waals surface area contributed by atoms with Gasteiger partial charge < -0.3 is 4.43 Å². The predicted octanol–water partition coefficient (Wildman–Crippen LogP) is 2.70. The second kappa shape index (κ2) is 5.73. The number of Topliss-reactive ketones (excluding diaryl/α,β-unsaturated/α-hetero) is 2. The van der Waals surface area contributed by atoms with Crippen LogP contribution in [0.1, 0.15) is 40.0 Å². The van der Waals surface area contributed by atoms with Crippen LogP contribution in [0.5, 0.6) is 0 Å².